The SMILES string of the molecule is COc1cc(CO)c(CNC(=O)c2[nH]c3ccc(F)cc3c2-c2ccccc2)c(OC)c1. The number of hydrogen-bond donors (Lipinski definition) is 3. The Morgan fingerprint density at radius 1 is 1.06 bits per heavy atom. The third-order valence-electron chi connectivity index (χ3n) is 5.38. The van der Waals surface area contributed by atoms with Gasteiger partial charge < -0.3 is 24.9 Å². The lowest BCUT2D eigenvalue weighted by Gasteiger charge is -2.15. The summed E-state index contributed by atoms with van der Waals surface area (Å²) < 4.78 is 24.7. The molecule has 0 unspecified atom stereocenters. The van der Waals surface area contributed by atoms with E-state index in [1.54, 1.807) is 18.2 Å². The minimum atomic E-state index is -0.379. The van der Waals surface area contributed by atoms with Crippen LogP contribution in [0.25, 0.3) is 22.0 Å². The number of aliphatic hydroxyl groups excluding tert-OH is 1. The molecule has 0 saturated carbocycles. The number of rotatable bonds is 7. The summed E-state index contributed by atoms with van der Waals surface area (Å²) in [5.41, 5.74) is 3.65. The first-order chi connectivity index (χ1) is 15.5. The molecule has 0 bridgehead atoms. The van der Waals surface area contributed by atoms with Crippen LogP contribution in [0, 0.1) is 5.82 Å². The second-order valence-electron chi connectivity index (χ2n) is 7.24. The number of benzene rings is 3. The standard InChI is InChI=1S/C25H23FN2O4/c1-31-18-10-16(14-29)20(22(12-18)32-2)13-27-25(30)24-23(15-6-4-3-5-7-15)19-11-17(26)8-9-21(19)28-24/h3-12,28-29H,13-14H2,1-2H3,(H,27,30). The molecule has 0 atom stereocenters. The van der Waals surface area contributed by atoms with Gasteiger partial charge in [0.15, 0.2) is 0 Å². The fourth-order valence-corrected chi connectivity index (χ4v) is 3.81. The zero-order valence-electron chi connectivity index (χ0n) is 17.7. The van der Waals surface area contributed by atoms with Crippen molar-refractivity contribution in [2.75, 3.05) is 14.2 Å². The van der Waals surface area contributed by atoms with Crippen LogP contribution in [0.4, 0.5) is 4.39 Å². The molecule has 4 rings (SSSR count). The number of carbonyl (C=O) groups excluding carboxylic acids is 1. The summed E-state index contributed by atoms with van der Waals surface area (Å²) in [6.07, 6.45) is 0. The Balaban J connectivity index is 1.72. The Morgan fingerprint density at radius 3 is 2.53 bits per heavy atom. The Morgan fingerprint density at radius 2 is 1.84 bits per heavy atom. The summed E-state index contributed by atoms with van der Waals surface area (Å²) in [5, 5.41) is 13.3. The van der Waals surface area contributed by atoms with Crippen molar-refractivity contribution in [1.29, 1.82) is 0 Å². The fraction of sp³-hybridized carbons (Fsp3) is 0.160. The van der Waals surface area contributed by atoms with Crippen LogP contribution in [0.15, 0.2) is 60.7 Å². The van der Waals surface area contributed by atoms with Gasteiger partial charge in [0, 0.05) is 34.6 Å². The van der Waals surface area contributed by atoms with Crippen molar-refractivity contribution in [3.8, 4) is 22.6 Å². The highest BCUT2D eigenvalue weighted by atomic mass is 19.1. The van der Waals surface area contributed by atoms with Crippen molar-refractivity contribution < 1.29 is 23.8 Å². The van der Waals surface area contributed by atoms with E-state index in [1.165, 1.54) is 26.4 Å². The summed E-state index contributed by atoms with van der Waals surface area (Å²) in [7, 11) is 3.04. The average molecular weight is 434 g/mol. The first-order valence-electron chi connectivity index (χ1n) is 10.0. The third-order valence-corrected chi connectivity index (χ3v) is 5.38. The van der Waals surface area contributed by atoms with E-state index in [9.17, 15) is 14.3 Å². The minimum absolute atomic E-state index is 0.125. The maximum atomic E-state index is 14.0. The molecule has 1 amide bonds. The highest BCUT2D eigenvalue weighted by Gasteiger charge is 2.21. The third kappa shape index (κ3) is 4.02. The summed E-state index contributed by atoms with van der Waals surface area (Å²) in [5.74, 6) is 0.305. The van der Waals surface area contributed by atoms with Crippen LogP contribution < -0.4 is 14.8 Å². The summed E-state index contributed by atoms with van der Waals surface area (Å²) in [6.45, 7) is -0.112. The lowest BCUT2D eigenvalue weighted by molar-refractivity contribution is 0.0947. The molecule has 1 heterocycles. The number of aliphatic hydroxyl groups is 1. The molecule has 7 heteroatoms. The molecule has 1 aromatic heterocycles. The van der Waals surface area contributed by atoms with Crippen molar-refractivity contribution in [2.24, 2.45) is 0 Å². The highest BCUT2D eigenvalue weighted by Crippen LogP contribution is 2.33. The second kappa shape index (κ2) is 9.11. The number of aromatic amines is 1. The van der Waals surface area contributed by atoms with E-state index in [2.05, 4.69) is 10.3 Å². The predicted molar refractivity (Wildman–Crippen MR) is 120 cm³/mol. The normalized spacial score (nSPS) is 10.9. The van der Waals surface area contributed by atoms with Crippen LogP contribution in [0.3, 0.4) is 0 Å². The molecule has 32 heavy (non-hydrogen) atoms. The van der Waals surface area contributed by atoms with E-state index >= 15 is 0 Å². The van der Waals surface area contributed by atoms with Crippen LogP contribution in [-0.4, -0.2) is 30.2 Å². The molecule has 0 saturated heterocycles. The van der Waals surface area contributed by atoms with Gasteiger partial charge in [-0.25, -0.2) is 4.39 Å². The molecule has 0 spiro atoms. The van der Waals surface area contributed by atoms with E-state index in [1.807, 2.05) is 30.3 Å². The van der Waals surface area contributed by atoms with Gasteiger partial charge in [0.25, 0.3) is 5.91 Å². The molecular formula is C25H23FN2O4. The number of aromatic nitrogens is 1. The Kier molecular flexibility index (Phi) is 6.09. The Bertz CT molecular complexity index is 1240. The molecule has 3 aromatic carbocycles. The number of amides is 1. The van der Waals surface area contributed by atoms with E-state index in [0.29, 0.717) is 44.8 Å². The van der Waals surface area contributed by atoms with Crippen molar-refractivity contribution in [1.82, 2.24) is 10.3 Å². The molecule has 0 aliphatic heterocycles. The van der Waals surface area contributed by atoms with Gasteiger partial charge in [-0.15, -0.1) is 0 Å². The second-order valence-corrected chi connectivity index (χ2v) is 7.24. The van der Waals surface area contributed by atoms with Gasteiger partial charge in [-0.1, -0.05) is 30.3 Å². The first kappa shape index (κ1) is 21.4. The van der Waals surface area contributed by atoms with Crippen LogP contribution in [0.1, 0.15) is 21.6 Å². The maximum absolute atomic E-state index is 14.0. The van der Waals surface area contributed by atoms with Crippen molar-refractivity contribution in [3.05, 3.63) is 83.3 Å². The van der Waals surface area contributed by atoms with Gasteiger partial charge >= 0.3 is 0 Å². The predicted octanol–water partition coefficient (Wildman–Crippen LogP) is 4.41. The van der Waals surface area contributed by atoms with Crippen molar-refractivity contribution in [3.63, 3.8) is 0 Å². The van der Waals surface area contributed by atoms with E-state index in [0.717, 1.165) is 5.56 Å². The summed E-state index contributed by atoms with van der Waals surface area (Å²) >= 11 is 0. The Labute approximate surface area is 184 Å². The summed E-state index contributed by atoms with van der Waals surface area (Å²) in [6, 6.07) is 17.1. The molecule has 3 N–H and O–H groups in total. The molecule has 164 valence electrons. The Hall–Kier alpha value is -3.84. The molecule has 4 aromatic rings. The largest absolute Gasteiger partial charge is 0.497 e. The average Bonchev–Trinajstić information content (AvgIpc) is 3.21. The number of fused-ring (bicyclic) bond motifs is 1. The number of H-pyrrole nitrogens is 1. The maximum Gasteiger partial charge on any atom is 0.268 e. The van der Waals surface area contributed by atoms with Crippen molar-refractivity contribution in [2.45, 2.75) is 13.2 Å². The van der Waals surface area contributed by atoms with Gasteiger partial charge in [0.05, 0.1) is 20.8 Å². The molecule has 0 aliphatic rings. The van der Waals surface area contributed by atoms with E-state index in [4.69, 9.17) is 9.47 Å². The van der Waals surface area contributed by atoms with Crippen LogP contribution in [0.2, 0.25) is 0 Å². The van der Waals surface area contributed by atoms with E-state index in [-0.39, 0.29) is 24.9 Å². The molecule has 0 aliphatic carbocycles. The number of hydrogen-bond acceptors (Lipinski definition) is 4. The lowest BCUT2D eigenvalue weighted by Crippen LogP contribution is -2.24. The number of carbonyl (C=O) groups is 1. The van der Waals surface area contributed by atoms with Crippen molar-refractivity contribution >= 4 is 16.8 Å². The fourth-order valence-electron chi connectivity index (χ4n) is 3.81. The van der Waals surface area contributed by atoms with Gasteiger partial charge in [0.1, 0.15) is 23.0 Å². The minimum Gasteiger partial charge on any atom is -0.497 e. The molecular weight excluding hydrogens is 411 g/mol. The monoisotopic (exact) mass is 434 g/mol. The highest BCUT2D eigenvalue weighted by molar-refractivity contribution is 6.09. The first-order valence-corrected chi connectivity index (χ1v) is 10.0. The van der Waals surface area contributed by atoms with Crippen LogP contribution in [0.5, 0.6) is 11.5 Å². The smallest absolute Gasteiger partial charge is 0.268 e. The molecule has 0 fully saturated rings. The summed E-state index contributed by atoms with van der Waals surface area (Å²) in [4.78, 5) is 16.3. The zero-order valence-corrected chi connectivity index (χ0v) is 17.7. The molecule has 0 radical (unpaired) electrons. The number of nitrogens with one attached hydrogen (secondary N) is 2. The number of halogens is 1. The van der Waals surface area contributed by atoms with Crippen LogP contribution >= 0.6 is 0 Å². The topological polar surface area (TPSA) is 83.6 Å². The quantitative estimate of drug-likeness (QED) is 0.402. The van der Waals surface area contributed by atoms with Gasteiger partial charge in [-0.3, -0.25) is 4.79 Å². The van der Waals surface area contributed by atoms with Gasteiger partial charge in [-0.05, 0) is 35.4 Å². The molecule has 6 nitrogen and oxygen atoms in total. The van der Waals surface area contributed by atoms with Gasteiger partial charge in [-0.2, -0.15) is 0 Å². The van der Waals surface area contributed by atoms with E-state index < -0.39 is 0 Å². The van der Waals surface area contributed by atoms with Gasteiger partial charge in [0.2, 0.25) is 0 Å². The lowest BCUT2D eigenvalue weighted by atomic mass is 10.0. The number of ether oxygens (including phenoxy) is 2. The van der Waals surface area contributed by atoms with Crippen LogP contribution in [-0.2, 0) is 13.2 Å². The number of methoxy groups -OCH3 is 2. The zero-order chi connectivity index (χ0) is 22.7.